The number of hydrogen-bond donors (Lipinski definition) is 2. The zero-order valence-electron chi connectivity index (χ0n) is 11.2. The number of carboxylic acids is 1. The van der Waals surface area contributed by atoms with Gasteiger partial charge in [0.2, 0.25) is 0 Å². The Hall–Kier alpha value is -2.15. The fraction of sp³-hybridized carbons (Fsp3) is 0.462. The zero-order valence-corrected chi connectivity index (χ0v) is 11.2. The van der Waals surface area contributed by atoms with E-state index in [0.717, 1.165) is 6.42 Å². The van der Waals surface area contributed by atoms with Crippen LogP contribution in [0, 0.1) is 10.1 Å². The van der Waals surface area contributed by atoms with Gasteiger partial charge in [-0.05, 0) is 25.1 Å². The van der Waals surface area contributed by atoms with Crippen molar-refractivity contribution in [2.75, 3.05) is 13.2 Å². The maximum absolute atomic E-state index is 11.0. The molecule has 0 aliphatic rings. The second kappa shape index (κ2) is 8.11. The number of ether oxygens (including phenoxy) is 1. The van der Waals surface area contributed by atoms with Gasteiger partial charge in [-0.25, -0.2) is 0 Å². The molecule has 0 heterocycles. The third-order valence-electron chi connectivity index (χ3n) is 2.66. The van der Waals surface area contributed by atoms with Gasteiger partial charge >= 0.3 is 5.97 Å². The van der Waals surface area contributed by atoms with Crippen molar-refractivity contribution in [1.29, 1.82) is 0 Å². The summed E-state index contributed by atoms with van der Waals surface area (Å²) in [6.45, 7) is 2.82. The number of nitrogens with one attached hydrogen (secondary N) is 1. The fourth-order valence-electron chi connectivity index (χ4n) is 1.59. The molecule has 0 aliphatic carbocycles. The Balaban J connectivity index is 2.42. The molecule has 1 aromatic rings. The summed E-state index contributed by atoms with van der Waals surface area (Å²) < 4.78 is 5.38. The van der Waals surface area contributed by atoms with Gasteiger partial charge in [0.1, 0.15) is 11.8 Å². The van der Waals surface area contributed by atoms with Crippen LogP contribution in [0.15, 0.2) is 24.3 Å². The van der Waals surface area contributed by atoms with Crippen LogP contribution in [0.1, 0.15) is 19.8 Å². The number of benzene rings is 1. The van der Waals surface area contributed by atoms with Crippen molar-refractivity contribution in [2.24, 2.45) is 0 Å². The SMILES string of the molecule is CCCNC(CCOc1ccc([N+](=O)[O-])cc1)C(=O)O. The summed E-state index contributed by atoms with van der Waals surface area (Å²) in [6.07, 6.45) is 1.18. The van der Waals surface area contributed by atoms with Crippen LogP contribution in [0.25, 0.3) is 0 Å². The topological polar surface area (TPSA) is 102 Å². The maximum atomic E-state index is 11.0. The highest BCUT2D eigenvalue weighted by atomic mass is 16.6. The van der Waals surface area contributed by atoms with Crippen LogP contribution in [-0.2, 0) is 4.79 Å². The van der Waals surface area contributed by atoms with Crippen LogP contribution in [0.5, 0.6) is 5.75 Å². The minimum absolute atomic E-state index is 0.00891. The second-order valence-electron chi connectivity index (χ2n) is 4.23. The molecule has 1 unspecified atom stereocenters. The van der Waals surface area contributed by atoms with Crippen molar-refractivity contribution >= 4 is 11.7 Å². The van der Waals surface area contributed by atoms with Gasteiger partial charge in [-0.15, -0.1) is 0 Å². The first kappa shape index (κ1) is 15.9. The molecule has 0 aliphatic heterocycles. The molecule has 1 aromatic carbocycles. The first-order valence-electron chi connectivity index (χ1n) is 6.38. The van der Waals surface area contributed by atoms with Crippen molar-refractivity contribution in [3.63, 3.8) is 0 Å². The molecule has 1 rings (SSSR count). The maximum Gasteiger partial charge on any atom is 0.320 e. The van der Waals surface area contributed by atoms with Crippen molar-refractivity contribution in [2.45, 2.75) is 25.8 Å². The van der Waals surface area contributed by atoms with Crippen LogP contribution in [-0.4, -0.2) is 35.2 Å². The van der Waals surface area contributed by atoms with Crippen molar-refractivity contribution in [3.05, 3.63) is 34.4 Å². The Kier molecular flexibility index (Phi) is 6.45. The Morgan fingerprint density at radius 1 is 1.45 bits per heavy atom. The predicted molar refractivity (Wildman–Crippen MR) is 72.9 cm³/mol. The van der Waals surface area contributed by atoms with Gasteiger partial charge in [0.05, 0.1) is 11.5 Å². The van der Waals surface area contributed by atoms with Gasteiger partial charge in [-0.1, -0.05) is 6.92 Å². The molecule has 0 aromatic heterocycles. The molecule has 0 bridgehead atoms. The van der Waals surface area contributed by atoms with Gasteiger partial charge < -0.3 is 15.2 Å². The molecule has 0 saturated heterocycles. The third-order valence-corrected chi connectivity index (χ3v) is 2.66. The van der Waals surface area contributed by atoms with E-state index in [4.69, 9.17) is 9.84 Å². The van der Waals surface area contributed by atoms with Gasteiger partial charge in [0, 0.05) is 18.6 Å². The molecule has 2 N–H and O–H groups in total. The second-order valence-corrected chi connectivity index (χ2v) is 4.23. The van der Waals surface area contributed by atoms with E-state index < -0.39 is 16.9 Å². The number of rotatable bonds is 9. The molecule has 0 radical (unpaired) electrons. The van der Waals surface area contributed by atoms with Gasteiger partial charge in [-0.3, -0.25) is 14.9 Å². The number of nitrogens with zero attached hydrogens (tertiary/aromatic N) is 1. The summed E-state index contributed by atoms with van der Waals surface area (Å²) in [6, 6.07) is 5.03. The number of hydrogen-bond acceptors (Lipinski definition) is 5. The molecule has 7 heteroatoms. The Bertz CT molecular complexity index is 447. The number of nitro groups is 1. The molecule has 7 nitrogen and oxygen atoms in total. The van der Waals surface area contributed by atoms with Gasteiger partial charge in [0.15, 0.2) is 0 Å². The van der Waals surface area contributed by atoms with Crippen LogP contribution in [0.2, 0.25) is 0 Å². The van der Waals surface area contributed by atoms with E-state index >= 15 is 0 Å². The molecule has 110 valence electrons. The minimum atomic E-state index is -0.911. The van der Waals surface area contributed by atoms with Crippen LogP contribution in [0.4, 0.5) is 5.69 Å². The lowest BCUT2D eigenvalue weighted by Crippen LogP contribution is -2.38. The zero-order chi connectivity index (χ0) is 15.0. The van der Waals surface area contributed by atoms with Gasteiger partial charge in [-0.2, -0.15) is 0 Å². The summed E-state index contributed by atoms with van der Waals surface area (Å²) >= 11 is 0. The molecule has 0 fully saturated rings. The van der Waals surface area contributed by atoms with E-state index in [1.54, 1.807) is 0 Å². The van der Waals surface area contributed by atoms with E-state index in [0.29, 0.717) is 18.7 Å². The van der Waals surface area contributed by atoms with Crippen LogP contribution >= 0.6 is 0 Å². The van der Waals surface area contributed by atoms with Gasteiger partial charge in [0.25, 0.3) is 5.69 Å². The number of carboxylic acid groups (broad SMARTS) is 1. The first-order chi connectivity index (χ1) is 9.54. The van der Waals surface area contributed by atoms with E-state index in [9.17, 15) is 14.9 Å². The van der Waals surface area contributed by atoms with Crippen LogP contribution < -0.4 is 10.1 Å². The van der Waals surface area contributed by atoms with Crippen LogP contribution in [0.3, 0.4) is 0 Å². The minimum Gasteiger partial charge on any atom is -0.494 e. The number of carbonyl (C=O) groups is 1. The van der Waals surface area contributed by atoms with Crippen molar-refractivity contribution < 1.29 is 19.6 Å². The molecule has 20 heavy (non-hydrogen) atoms. The third kappa shape index (κ3) is 5.23. The summed E-state index contributed by atoms with van der Waals surface area (Å²) in [5, 5.41) is 22.4. The quantitative estimate of drug-likeness (QED) is 0.529. The normalized spacial score (nSPS) is 11.8. The molecule has 1 atom stereocenters. The Morgan fingerprint density at radius 2 is 2.10 bits per heavy atom. The van der Waals surface area contributed by atoms with E-state index in [1.807, 2.05) is 6.92 Å². The highest BCUT2D eigenvalue weighted by Crippen LogP contribution is 2.17. The molecule has 0 saturated carbocycles. The molecule has 0 spiro atoms. The smallest absolute Gasteiger partial charge is 0.320 e. The van der Waals surface area contributed by atoms with Crippen molar-refractivity contribution in [3.8, 4) is 5.75 Å². The molecular weight excluding hydrogens is 264 g/mol. The average molecular weight is 282 g/mol. The summed E-state index contributed by atoms with van der Waals surface area (Å²) in [5.41, 5.74) is -0.00891. The summed E-state index contributed by atoms with van der Waals surface area (Å²) in [4.78, 5) is 21.0. The highest BCUT2D eigenvalue weighted by Gasteiger charge is 2.16. The largest absolute Gasteiger partial charge is 0.494 e. The lowest BCUT2D eigenvalue weighted by Gasteiger charge is -2.14. The predicted octanol–water partition coefficient (Wildman–Crippen LogP) is 1.82. The number of aliphatic carboxylic acids is 1. The van der Waals surface area contributed by atoms with E-state index in [-0.39, 0.29) is 12.3 Å². The Labute approximate surface area is 116 Å². The number of nitro benzene ring substituents is 1. The Morgan fingerprint density at radius 3 is 2.60 bits per heavy atom. The molecular formula is C13H18N2O5. The summed E-state index contributed by atoms with van der Waals surface area (Å²) in [5.74, 6) is -0.430. The highest BCUT2D eigenvalue weighted by molar-refractivity contribution is 5.73. The number of non-ortho nitro benzene ring substituents is 1. The van der Waals surface area contributed by atoms with Crippen molar-refractivity contribution in [1.82, 2.24) is 5.32 Å². The van der Waals surface area contributed by atoms with E-state index in [1.165, 1.54) is 24.3 Å². The lowest BCUT2D eigenvalue weighted by molar-refractivity contribution is -0.384. The van der Waals surface area contributed by atoms with E-state index in [2.05, 4.69) is 5.32 Å². The molecule has 0 amide bonds. The fourth-order valence-corrected chi connectivity index (χ4v) is 1.59. The summed E-state index contributed by atoms with van der Waals surface area (Å²) in [7, 11) is 0. The lowest BCUT2D eigenvalue weighted by atomic mass is 10.2. The first-order valence-corrected chi connectivity index (χ1v) is 6.38. The monoisotopic (exact) mass is 282 g/mol. The standard InChI is InChI=1S/C13H18N2O5/c1-2-8-14-12(13(16)17)7-9-20-11-5-3-10(4-6-11)15(18)19/h3-6,12,14H,2,7-9H2,1H3,(H,16,17). The average Bonchev–Trinajstić information content (AvgIpc) is 2.42.